The molecule has 4 rings (SSSR count). The lowest BCUT2D eigenvalue weighted by atomic mass is 9.89. The zero-order valence-corrected chi connectivity index (χ0v) is 31.7. The van der Waals surface area contributed by atoms with Crippen LogP contribution in [0.25, 0.3) is 0 Å². The number of hydrogen-bond acceptors (Lipinski definition) is 5. The van der Waals surface area contributed by atoms with Gasteiger partial charge >= 0.3 is 6.03 Å². The third-order valence-electron chi connectivity index (χ3n) is 8.75. The van der Waals surface area contributed by atoms with Crippen LogP contribution in [0.3, 0.4) is 0 Å². The minimum Gasteiger partial charge on any atom is -0.494 e. The van der Waals surface area contributed by atoms with Gasteiger partial charge in [-0.1, -0.05) is 97.6 Å². The molecule has 0 aliphatic heterocycles. The molecule has 0 fully saturated rings. The molecule has 0 bridgehead atoms. The highest BCUT2D eigenvalue weighted by Gasteiger charge is 2.28. The van der Waals surface area contributed by atoms with Crippen LogP contribution < -0.4 is 25.4 Å². The Morgan fingerprint density at radius 1 is 0.780 bits per heavy atom. The zero-order chi connectivity index (χ0) is 36.6. The first-order valence-electron chi connectivity index (χ1n) is 17.7. The average Bonchev–Trinajstić information content (AvgIpc) is 3.06. The van der Waals surface area contributed by atoms with Crippen LogP contribution in [0.5, 0.6) is 5.75 Å². The number of nitrogens with two attached hydrogens (primary N) is 1. The number of carbonyl (C=O) groups is 1. The standard InChI is InChI=1S/C41H54N4O4S/c1-9-10-11-12-23-49-35-20-15-32(16-21-35)43-38-22-17-33(26-39(38)45(41(42)46)34-18-13-30(8)14-19-34)44-50(47,48)40-36(28(4)5)24-31(27(2)3)25-37(40)29(6)7/h13-22,24-29,43-44H,9-12,23H2,1-8H3,(H2,42,46). The maximum atomic E-state index is 14.3. The van der Waals surface area contributed by atoms with E-state index in [1.165, 1.54) is 17.7 Å². The second-order valence-corrected chi connectivity index (χ2v) is 15.5. The number of primary amides is 1. The number of aryl methyl sites for hydroxylation is 1. The van der Waals surface area contributed by atoms with E-state index in [1.54, 1.807) is 18.2 Å². The molecule has 0 unspecified atom stereocenters. The molecule has 0 saturated carbocycles. The lowest BCUT2D eigenvalue weighted by Crippen LogP contribution is -2.32. The van der Waals surface area contributed by atoms with Crippen molar-refractivity contribution in [2.45, 2.75) is 104 Å². The number of carbonyl (C=O) groups excluding carboxylic acids is 1. The second kappa shape index (κ2) is 16.9. The molecule has 268 valence electrons. The van der Waals surface area contributed by atoms with Crippen molar-refractivity contribution in [3.05, 3.63) is 101 Å². The van der Waals surface area contributed by atoms with E-state index >= 15 is 0 Å². The van der Waals surface area contributed by atoms with E-state index in [0.717, 1.165) is 46.5 Å². The maximum Gasteiger partial charge on any atom is 0.323 e. The van der Waals surface area contributed by atoms with Crippen LogP contribution in [-0.4, -0.2) is 21.1 Å². The number of urea groups is 1. The molecule has 0 saturated heterocycles. The summed E-state index contributed by atoms with van der Waals surface area (Å²) in [5.41, 5.74) is 12.3. The fraction of sp³-hybridized carbons (Fsp3) is 0.390. The average molecular weight is 699 g/mol. The van der Waals surface area contributed by atoms with Gasteiger partial charge in [0.05, 0.1) is 34.3 Å². The Morgan fingerprint density at radius 2 is 1.38 bits per heavy atom. The number of ether oxygens (including phenoxy) is 1. The Bertz CT molecular complexity index is 1820. The molecular formula is C41H54N4O4S. The smallest absolute Gasteiger partial charge is 0.323 e. The number of hydrogen-bond donors (Lipinski definition) is 3. The number of nitrogens with one attached hydrogen (secondary N) is 2. The van der Waals surface area contributed by atoms with E-state index < -0.39 is 16.1 Å². The SMILES string of the molecule is CCCCCCOc1ccc(Nc2ccc(NS(=O)(=O)c3c(C(C)C)cc(C(C)C)cc3C(C)C)cc2N(C(N)=O)c2ccc(C)cc2)cc1. The Morgan fingerprint density at radius 3 is 1.92 bits per heavy atom. The van der Waals surface area contributed by atoms with Gasteiger partial charge in [0.15, 0.2) is 0 Å². The largest absolute Gasteiger partial charge is 0.494 e. The van der Waals surface area contributed by atoms with Gasteiger partial charge in [0, 0.05) is 5.69 Å². The van der Waals surface area contributed by atoms with Crippen molar-refractivity contribution < 1.29 is 17.9 Å². The predicted molar refractivity (Wildman–Crippen MR) is 208 cm³/mol. The monoisotopic (exact) mass is 698 g/mol. The van der Waals surface area contributed by atoms with Gasteiger partial charge in [-0.05, 0) is 102 Å². The van der Waals surface area contributed by atoms with Gasteiger partial charge in [-0.15, -0.1) is 0 Å². The quantitative estimate of drug-likeness (QED) is 0.101. The fourth-order valence-electron chi connectivity index (χ4n) is 5.88. The van der Waals surface area contributed by atoms with Gasteiger partial charge in [-0.25, -0.2) is 13.2 Å². The van der Waals surface area contributed by atoms with Crippen LogP contribution in [0.2, 0.25) is 0 Å². The lowest BCUT2D eigenvalue weighted by molar-refractivity contribution is 0.256. The van der Waals surface area contributed by atoms with Gasteiger partial charge in [0.1, 0.15) is 5.75 Å². The Labute approximate surface area is 299 Å². The molecule has 9 heteroatoms. The van der Waals surface area contributed by atoms with Gasteiger partial charge in [-0.2, -0.15) is 0 Å². The Kier molecular flexibility index (Phi) is 13.0. The summed E-state index contributed by atoms with van der Waals surface area (Å²) in [6, 6.07) is 23.4. The first kappa shape index (κ1) is 38.3. The van der Waals surface area contributed by atoms with Crippen LogP contribution in [0, 0.1) is 6.92 Å². The summed E-state index contributed by atoms with van der Waals surface area (Å²) >= 11 is 0. The second-order valence-electron chi connectivity index (χ2n) is 13.9. The Balaban J connectivity index is 1.76. The van der Waals surface area contributed by atoms with Gasteiger partial charge in [0.2, 0.25) is 0 Å². The summed E-state index contributed by atoms with van der Waals surface area (Å²) in [5.74, 6) is 0.978. The molecule has 2 amide bonds. The molecule has 0 heterocycles. The topological polar surface area (TPSA) is 114 Å². The maximum absolute atomic E-state index is 14.3. The highest BCUT2D eigenvalue weighted by molar-refractivity contribution is 7.92. The number of unbranched alkanes of at least 4 members (excludes halogenated alkanes) is 3. The minimum atomic E-state index is -4.05. The van der Waals surface area contributed by atoms with Crippen molar-refractivity contribution >= 4 is 44.5 Å². The lowest BCUT2D eigenvalue weighted by Gasteiger charge is -2.26. The predicted octanol–water partition coefficient (Wildman–Crippen LogP) is 11.1. The van der Waals surface area contributed by atoms with Crippen molar-refractivity contribution in [2.24, 2.45) is 5.73 Å². The number of sulfonamides is 1. The first-order valence-corrected chi connectivity index (χ1v) is 19.2. The molecule has 0 aliphatic carbocycles. The number of nitrogens with zero attached hydrogens (tertiary/aromatic N) is 1. The molecule has 0 radical (unpaired) electrons. The summed E-state index contributed by atoms with van der Waals surface area (Å²) in [4.78, 5) is 14.8. The van der Waals surface area contributed by atoms with Crippen molar-refractivity contribution in [1.29, 1.82) is 0 Å². The van der Waals surface area contributed by atoms with Gasteiger partial charge in [-0.3, -0.25) is 9.62 Å². The van der Waals surface area contributed by atoms with Crippen molar-refractivity contribution in [3.8, 4) is 5.75 Å². The van der Waals surface area contributed by atoms with Crippen LogP contribution in [0.15, 0.2) is 83.8 Å². The van der Waals surface area contributed by atoms with Crippen LogP contribution in [0.1, 0.15) is 114 Å². The fourth-order valence-corrected chi connectivity index (χ4v) is 7.63. The molecule has 0 aliphatic rings. The van der Waals surface area contributed by atoms with Crippen molar-refractivity contribution in [3.63, 3.8) is 0 Å². The molecule has 4 aromatic carbocycles. The van der Waals surface area contributed by atoms with Crippen LogP contribution >= 0.6 is 0 Å². The molecule has 0 aromatic heterocycles. The van der Waals surface area contributed by atoms with Gasteiger partial charge in [0.25, 0.3) is 10.0 Å². The summed E-state index contributed by atoms with van der Waals surface area (Å²) < 4.78 is 37.5. The molecule has 0 atom stereocenters. The first-order chi connectivity index (χ1) is 23.7. The molecule has 0 spiro atoms. The minimum absolute atomic E-state index is 0.0235. The number of amides is 2. The van der Waals surface area contributed by atoms with E-state index in [2.05, 4.69) is 30.8 Å². The van der Waals surface area contributed by atoms with Crippen molar-refractivity contribution in [2.75, 3.05) is 21.5 Å². The third kappa shape index (κ3) is 9.59. The molecule has 4 N–H and O–H groups in total. The van der Waals surface area contributed by atoms with E-state index in [4.69, 9.17) is 10.5 Å². The third-order valence-corrected chi connectivity index (χ3v) is 10.3. The summed E-state index contributed by atoms with van der Waals surface area (Å²) in [6.07, 6.45) is 4.53. The number of rotatable bonds is 16. The molecule has 8 nitrogen and oxygen atoms in total. The van der Waals surface area contributed by atoms with Crippen LogP contribution in [-0.2, 0) is 10.0 Å². The summed E-state index contributed by atoms with van der Waals surface area (Å²) in [7, 11) is -4.05. The number of anilines is 5. The van der Waals surface area contributed by atoms with E-state index in [0.29, 0.717) is 34.3 Å². The van der Waals surface area contributed by atoms with Gasteiger partial charge < -0.3 is 15.8 Å². The molecular weight excluding hydrogens is 645 g/mol. The van der Waals surface area contributed by atoms with E-state index in [1.807, 2.05) is 95.3 Å². The van der Waals surface area contributed by atoms with E-state index in [9.17, 15) is 13.2 Å². The van der Waals surface area contributed by atoms with Crippen LogP contribution in [0.4, 0.5) is 33.2 Å². The zero-order valence-electron chi connectivity index (χ0n) is 30.8. The van der Waals surface area contributed by atoms with E-state index in [-0.39, 0.29) is 17.8 Å². The Hall–Kier alpha value is -4.50. The normalized spacial score (nSPS) is 11.7. The summed E-state index contributed by atoms with van der Waals surface area (Å²) in [6.45, 7) is 17.1. The molecule has 50 heavy (non-hydrogen) atoms. The molecule has 4 aromatic rings. The highest BCUT2D eigenvalue weighted by Crippen LogP contribution is 2.39. The summed E-state index contributed by atoms with van der Waals surface area (Å²) in [5, 5.41) is 3.40. The highest BCUT2D eigenvalue weighted by atomic mass is 32.2. The van der Waals surface area contributed by atoms with Crippen molar-refractivity contribution in [1.82, 2.24) is 0 Å². The number of benzene rings is 4.